The number of benzene rings is 1. The van der Waals surface area contributed by atoms with E-state index in [4.69, 9.17) is 9.15 Å². The molecule has 0 spiro atoms. The van der Waals surface area contributed by atoms with Crippen LogP contribution in [0.1, 0.15) is 34.4 Å². The highest BCUT2D eigenvalue weighted by atomic mass is 16.5. The summed E-state index contributed by atoms with van der Waals surface area (Å²) in [5.41, 5.74) is 4.09. The van der Waals surface area contributed by atoms with E-state index in [0.29, 0.717) is 6.54 Å². The van der Waals surface area contributed by atoms with Gasteiger partial charge in [-0.3, -0.25) is 9.69 Å². The van der Waals surface area contributed by atoms with Gasteiger partial charge >= 0.3 is 0 Å². The van der Waals surface area contributed by atoms with Crippen molar-refractivity contribution in [2.24, 2.45) is 0 Å². The van der Waals surface area contributed by atoms with Crippen LogP contribution in [0, 0.1) is 13.8 Å². The van der Waals surface area contributed by atoms with Crippen molar-refractivity contribution in [2.45, 2.75) is 33.4 Å². The summed E-state index contributed by atoms with van der Waals surface area (Å²) in [7, 11) is 1.68. The first-order chi connectivity index (χ1) is 15.0. The van der Waals surface area contributed by atoms with Crippen LogP contribution in [0.15, 0.2) is 53.1 Å². The van der Waals surface area contributed by atoms with Gasteiger partial charge in [0.05, 0.1) is 26.0 Å². The van der Waals surface area contributed by atoms with Gasteiger partial charge in [-0.05, 0) is 63.2 Å². The molecule has 6 heteroatoms. The van der Waals surface area contributed by atoms with Gasteiger partial charge in [0, 0.05) is 48.8 Å². The molecule has 1 aliphatic rings. The molecule has 1 saturated heterocycles. The highest BCUT2D eigenvalue weighted by Crippen LogP contribution is 2.23. The molecule has 0 aliphatic carbocycles. The Morgan fingerprint density at radius 1 is 1.10 bits per heavy atom. The fourth-order valence-electron chi connectivity index (χ4n) is 4.40. The quantitative estimate of drug-likeness (QED) is 0.537. The summed E-state index contributed by atoms with van der Waals surface area (Å²) in [4.78, 5) is 18.0. The first-order valence-electron chi connectivity index (χ1n) is 10.8. The number of aryl methyl sites for hydroxylation is 1. The normalized spacial score (nSPS) is 15.8. The third-order valence-electron chi connectivity index (χ3n) is 6.41. The molecule has 0 unspecified atom stereocenters. The smallest absolute Gasteiger partial charge is 0.181 e. The number of nitrogens with zero attached hydrogens (tertiary/aromatic N) is 3. The van der Waals surface area contributed by atoms with Crippen molar-refractivity contribution in [3.8, 4) is 5.75 Å². The average molecular weight is 422 g/mol. The standard InChI is InChI=1S/C25H31N3O3/c1-18-16-24(19(2)28(18)17-23-6-5-15-31-23)25(29)20(3)26-11-13-27(14-12-26)21-7-9-22(30-4)10-8-21/h5-10,15-16,20H,11-14,17H2,1-4H3/t20-/m0/s1. The van der Waals surface area contributed by atoms with E-state index in [2.05, 4.69) is 26.5 Å². The Labute approximate surface area is 184 Å². The summed E-state index contributed by atoms with van der Waals surface area (Å²) >= 11 is 0. The van der Waals surface area contributed by atoms with Gasteiger partial charge in [-0.15, -0.1) is 0 Å². The van der Waals surface area contributed by atoms with E-state index in [1.165, 1.54) is 5.69 Å². The minimum atomic E-state index is -0.143. The minimum Gasteiger partial charge on any atom is -0.497 e. The SMILES string of the molecule is COc1ccc(N2CCN([C@@H](C)C(=O)c3cc(C)n(Cc4ccco4)c3C)CC2)cc1. The zero-order valence-corrected chi connectivity index (χ0v) is 18.8. The van der Waals surface area contributed by atoms with Gasteiger partial charge in [-0.25, -0.2) is 0 Å². The first kappa shape index (κ1) is 21.2. The van der Waals surface area contributed by atoms with Crippen LogP contribution in [0.25, 0.3) is 0 Å². The van der Waals surface area contributed by atoms with E-state index in [0.717, 1.165) is 54.6 Å². The average Bonchev–Trinajstić information content (AvgIpc) is 3.42. The summed E-state index contributed by atoms with van der Waals surface area (Å²) in [6.45, 7) is 10.3. The maximum Gasteiger partial charge on any atom is 0.181 e. The molecule has 3 heterocycles. The number of ketones is 1. The van der Waals surface area contributed by atoms with Crippen molar-refractivity contribution in [3.05, 3.63) is 71.4 Å². The molecular weight excluding hydrogens is 390 g/mol. The molecule has 0 saturated carbocycles. The zero-order valence-electron chi connectivity index (χ0n) is 18.8. The first-order valence-corrected chi connectivity index (χ1v) is 10.8. The number of hydrogen-bond donors (Lipinski definition) is 0. The number of aromatic nitrogens is 1. The molecule has 2 aromatic heterocycles. The van der Waals surface area contributed by atoms with E-state index in [1.54, 1.807) is 13.4 Å². The number of furan rings is 1. The van der Waals surface area contributed by atoms with Crippen LogP contribution in [0.2, 0.25) is 0 Å². The lowest BCUT2D eigenvalue weighted by Gasteiger charge is -2.38. The van der Waals surface area contributed by atoms with Crippen LogP contribution < -0.4 is 9.64 Å². The van der Waals surface area contributed by atoms with Gasteiger partial charge in [-0.1, -0.05) is 0 Å². The second kappa shape index (κ2) is 9.02. The van der Waals surface area contributed by atoms with E-state index in [9.17, 15) is 4.79 Å². The number of anilines is 1. The van der Waals surface area contributed by atoms with Crippen LogP contribution in [0.4, 0.5) is 5.69 Å². The molecule has 4 rings (SSSR count). The van der Waals surface area contributed by atoms with Crippen molar-refractivity contribution < 1.29 is 13.9 Å². The fourth-order valence-corrected chi connectivity index (χ4v) is 4.40. The number of rotatable bonds is 7. The fraction of sp³-hybridized carbons (Fsp3) is 0.400. The number of ether oxygens (including phenoxy) is 1. The third-order valence-corrected chi connectivity index (χ3v) is 6.41. The van der Waals surface area contributed by atoms with Gasteiger partial charge in [0.25, 0.3) is 0 Å². The Kier molecular flexibility index (Phi) is 6.18. The van der Waals surface area contributed by atoms with Crippen LogP contribution in [0.3, 0.4) is 0 Å². The predicted octanol–water partition coefficient (Wildman–Crippen LogP) is 4.15. The number of Topliss-reactive ketones (excluding diaryl/α,β-unsaturated/α-hetero) is 1. The molecule has 1 atom stereocenters. The summed E-state index contributed by atoms with van der Waals surface area (Å²) in [6, 6.07) is 13.9. The van der Waals surface area contributed by atoms with Crippen LogP contribution in [0.5, 0.6) is 5.75 Å². The maximum absolute atomic E-state index is 13.3. The Balaban J connectivity index is 1.41. The van der Waals surface area contributed by atoms with Crippen molar-refractivity contribution in [1.29, 1.82) is 0 Å². The maximum atomic E-state index is 13.3. The van der Waals surface area contributed by atoms with Crippen LogP contribution in [-0.4, -0.2) is 54.6 Å². The molecule has 0 bridgehead atoms. The topological polar surface area (TPSA) is 50.9 Å². The van der Waals surface area contributed by atoms with Gasteiger partial charge in [-0.2, -0.15) is 0 Å². The lowest BCUT2D eigenvalue weighted by Crippen LogP contribution is -2.51. The molecule has 0 N–H and O–H groups in total. The molecule has 0 radical (unpaired) electrons. The highest BCUT2D eigenvalue weighted by molar-refractivity contribution is 6.01. The summed E-state index contributed by atoms with van der Waals surface area (Å²) in [5, 5.41) is 0. The number of carbonyl (C=O) groups excluding carboxylic acids is 1. The van der Waals surface area contributed by atoms with Crippen LogP contribution in [-0.2, 0) is 6.54 Å². The third kappa shape index (κ3) is 4.39. The Bertz CT molecular complexity index is 1010. The van der Waals surface area contributed by atoms with Crippen molar-refractivity contribution in [3.63, 3.8) is 0 Å². The number of hydrogen-bond acceptors (Lipinski definition) is 5. The summed E-state index contributed by atoms with van der Waals surface area (Å²) in [5.74, 6) is 1.95. The van der Waals surface area contributed by atoms with E-state index in [-0.39, 0.29) is 11.8 Å². The number of carbonyl (C=O) groups is 1. The van der Waals surface area contributed by atoms with Gasteiger partial charge in [0.2, 0.25) is 0 Å². The predicted molar refractivity (Wildman–Crippen MR) is 122 cm³/mol. The van der Waals surface area contributed by atoms with Gasteiger partial charge in [0.1, 0.15) is 11.5 Å². The molecule has 1 aliphatic heterocycles. The summed E-state index contributed by atoms with van der Waals surface area (Å²) in [6.07, 6.45) is 1.68. The van der Waals surface area contributed by atoms with Gasteiger partial charge in [0.15, 0.2) is 5.78 Å². The second-order valence-electron chi connectivity index (χ2n) is 8.21. The zero-order chi connectivity index (χ0) is 22.0. The molecular formula is C25H31N3O3. The number of methoxy groups -OCH3 is 1. The van der Waals surface area contributed by atoms with Crippen molar-refractivity contribution in [1.82, 2.24) is 9.47 Å². The van der Waals surface area contributed by atoms with E-state index >= 15 is 0 Å². The molecule has 6 nitrogen and oxygen atoms in total. The van der Waals surface area contributed by atoms with Gasteiger partial charge < -0.3 is 18.6 Å². The Hall–Kier alpha value is -2.99. The molecule has 1 fully saturated rings. The molecule has 3 aromatic rings. The van der Waals surface area contributed by atoms with E-state index < -0.39 is 0 Å². The Morgan fingerprint density at radius 2 is 1.81 bits per heavy atom. The summed E-state index contributed by atoms with van der Waals surface area (Å²) < 4.78 is 12.9. The highest BCUT2D eigenvalue weighted by Gasteiger charge is 2.28. The molecule has 1 aromatic carbocycles. The van der Waals surface area contributed by atoms with Crippen LogP contribution >= 0.6 is 0 Å². The monoisotopic (exact) mass is 421 g/mol. The van der Waals surface area contributed by atoms with Crippen molar-refractivity contribution >= 4 is 11.5 Å². The lowest BCUT2D eigenvalue weighted by atomic mass is 10.0. The van der Waals surface area contributed by atoms with E-state index in [1.807, 2.05) is 51.1 Å². The largest absolute Gasteiger partial charge is 0.497 e. The van der Waals surface area contributed by atoms with Crippen molar-refractivity contribution in [2.75, 3.05) is 38.2 Å². The molecule has 31 heavy (non-hydrogen) atoms. The number of piperazine rings is 1. The lowest BCUT2D eigenvalue weighted by molar-refractivity contribution is 0.0829. The minimum absolute atomic E-state index is 0.143. The Morgan fingerprint density at radius 3 is 2.42 bits per heavy atom. The molecule has 164 valence electrons. The second-order valence-corrected chi connectivity index (χ2v) is 8.21. The molecule has 0 amide bonds.